The summed E-state index contributed by atoms with van der Waals surface area (Å²) in [5.41, 5.74) is 0.914. The second-order valence-corrected chi connectivity index (χ2v) is 6.29. The monoisotopic (exact) mass is 347 g/mol. The second-order valence-electron chi connectivity index (χ2n) is 6.29. The summed E-state index contributed by atoms with van der Waals surface area (Å²) in [5, 5.41) is 8.33. The lowest BCUT2D eigenvalue weighted by atomic mass is 10.1. The van der Waals surface area contributed by atoms with Crippen LogP contribution >= 0.6 is 0 Å². The number of carbonyl (C=O) groups excluding carboxylic acids is 2. The first-order chi connectivity index (χ1) is 12.2. The fraction of sp³-hybridized carbons (Fsp3) is 0.588. The number of carbonyl (C=O) groups is 2. The van der Waals surface area contributed by atoms with Gasteiger partial charge in [0.1, 0.15) is 11.9 Å². The van der Waals surface area contributed by atoms with Crippen LogP contribution in [-0.2, 0) is 16.1 Å². The number of aromatic nitrogens is 1. The second kappa shape index (κ2) is 8.66. The van der Waals surface area contributed by atoms with Gasteiger partial charge in [0.2, 0.25) is 5.91 Å². The van der Waals surface area contributed by atoms with Crippen LogP contribution in [0, 0.1) is 0 Å². The molecule has 0 spiro atoms. The largest absolute Gasteiger partial charge is 0.378 e. The van der Waals surface area contributed by atoms with Crippen LogP contribution in [0.25, 0.3) is 0 Å². The van der Waals surface area contributed by atoms with Crippen LogP contribution in [0.5, 0.6) is 0 Å². The molecule has 8 nitrogen and oxygen atoms in total. The number of morpholine rings is 1. The van der Waals surface area contributed by atoms with Crippen LogP contribution in [0.1, 0.15) is 24.8 Å². The fourth-order valence-corrected chi connectivity index (χ4v) is 2.97. The van der Waals surface area contributed by atoms with Crippen LogP contribution in [0.4, 0.5) is 10.6 Å². The van der Waals surface area contributed by atoms with Gasteiger partial charge in [-0.3, -0.25) is 4.79 Å². The Morgan fingerprint density at radius 3 is 2.92 bits per heavy atom. The average molecular weight is 347 g/mol. The molecule has 0 unspecified atom stereocenters. The minimum absolute atomic E-state index is 0.107. The number of anilines is 1. The minimum Gasteiger partial charge on any atom is -0.378 e. The van der Waals surface area contributed by atoms with Crippen molar-refractivity contribution < 1.29 is 14.3 Å². The van der Waals surface area contributed by atoms with E-state index in [9.17, 15) is 9.59 Å². The van der Waals surface area contributed by atoms with Gasteiger partial charge in [0, 0.05) is 32.4 Å². The van der Waals surface area contributed by atoms with Crippen molar-refractivity contribution in [2.75, 3.05) is 37.7 Å². The van der Waals surface area contributed by atoms with Crippen LogP contribution in [0.3, 0.4) is 0 Å². The quantitative estimate of drug-likeness (QED) is 0.732. The number of urea groups is 1. The van der Waals surface area contributed by atoms with Crippen LogP contribution < -0.4 is 20.9 Å². The zero-order chi connectivity index (χ0) is 17.5. The van der Waals surface area contributed by atoms with E-state index in [4.69, 9.17) is 4.74 Å². The lowest BCUT2D eigenvalue weighted by Crippen LogP contribution is -2.48. The molecule has 25 heavy (non-hydrogen) atoms. The molecule has 0 aromatic carbocycles. The molecular weight excluding hydrogens is 322 g/mol. The van der Waals surface area contributed by atoms with Gasteiger partial charge in [-0.15, -0.1) is 0 Å². The maximum absolute atomic E-state index is 12.0. The zero-order valence-electron chi connectivity index (χ0n) is 14.3. The summed E-state index contributed by atoms with van der Waals surface area (Å²) >= 11 is 0. The minimum atomic E-state index is -0.454. The van der Waals surface area contributed by atoms with E-state index in [0.29, 0.717) is 19.5 Å². The van der Waals surface area contributed by atoms with Crippen molar-refractivity contribution in [1.29, 1.82) is 0 Å². The highest BCUT2D eigenvalue weighted by Crippen LogP contribution is 2.13. The molecule has 1 atom stereocenters. The topological polar surface area (TPSA) is 95.6 Å². The summed E-state index contributed by atoms with van der Waals surface area (Å²) in [6.07, 6.45) is 4.32. The molecule has 0 saturated carbocycles. The van der Waals surface area contributed by atoms with Gasteiger partial charge in [-0.2, -0.15) is 0 Å². The van der Waals surface area contributed by atoms with Crippen molar-refractivity contribution >= 4 is 17.8 Å². The lowest BCUT2D eigenvalue weighted by molar-refractivity contribution is -0.122. The van der Waals surface area contributed by atoms with Gasteiger partial charge in [-0.1, -0.05) is 6.07 Å². The molecule has 1 aromatic heterocycles. The number of hydrogen-bond donors (Lipinski definition) is 3. The van der Waals surface area contributed by atoms with E-state index >= 15 is 0 Å². The highest BCUT2D eigenvalue weighted by molar-refractivity contribution is 5.87. The van der Waals surface area contributed by atoms with E-state index in [1.165, 1.54) is 0 Å². The summed E-state index contributed by atoms with van der Waals surface area (Å²) in [6.45, 7) is 4.18. The average Bonchev–Trinajstić information content (AvgIpc) is 2.86. The molecular formula is C17H25N5O3. The number of nitrogens with one attached hydrogen (secondary N) is 3. The van der Waals surface area contributed by atoms with Gasteiger partial charge in [0.05, 0.1) is 13.2 Å². The number of ether oxygens (including phenoxy) is 1. The Hall–Kier alpha value is -2.35. The van der Waals surface area contributed by atoms with Gasteiger partial charge in [-0.05, 0) is 30.9 Å². The van der Waals surface area contributed by atoms with Gasteiger partial charge < -0.3 is 25.6 Å². The molecule has 3 amide bonds. The maximum atomic E-state index is 12.0. The Balaban J connectivity index is 1.46. The summed E-state index contributed by atoms with van der Waals surface area (Å²) in [7, 11) is 0. The van der Waals surface area contributed by atoms with Gasteiger partial charge in [0.15, 0.2) is 0 Å². The fourth-order valence-electron chi connectivity index (χ4n) is 2.97. The van der Waals surface area contributed by atoms with Crippen molar-refractivity contribution in [1.82, 2.24) is 20.9 Å². The number of hydrogen-bond acceptors (Lipinski definition) is 5. The Bertz CT molecular complexity index is 586. The first-order valence-electron chi connectivity index (χ1n) is 8.82. The number of amides is 3. The predicted octanol–water partition coefficient (Wildman–Crippen LogP) is 0.386. The highest BCUT2D eigenvalue weighted by atomic mass is 16.5. The first kappa shape index (κ1) is 17.5. The Morgan fingerprint density at radius 2 is 2.16 bits per heavy atom. The molecule has 0 radical (unpaired) electrons. The Kier molecular flexibility index (Phi) is 6.05. The standard InChI is InChI=1S/C17H25N5O3/c23-16-14(3-1-2-6-18-16)21-17(24)20-12-13-4-5-15(19-11-13)22-7-9-25-10-8-22/h4-5,11,14H,1-3,6-10,12H2,(H,18,23)(H2,20,21,24)/t14-/m0/s1. The molecule has 1 aromatic rings. The van der Waals surface area contributed by atoms with Crippen molar-refractivity contribution in [3.8, 4) is 0 Å². The van der Waals surface area contributed by atoms with Crippen molar-refractivity contribution in [2.24, 2.45) is 0 Å². The van der Waals surface area contributed by atoms with Gasteiger partial charge >= 0.3 is 6.03 Å². The zero-order valence-corrected chi connectivity index (χ0v) is 14.3. The highest BCUT2D eigenvalue weighted by Gasteiger charge is 2.22. The molecule has 3 rings (SSSR count). The van der Waals surface area contributed by atoms with Crippen molar-refractivity contribution in [2.45, 2.75) is 31.8 Å². The van der Waals surface area contributed by atoms with E-state index in [-0.39, 0.29) is 11.9 Å². The third kappa shape index (κ3) is 5.06. The Morgan fingerprint density at radius 1 is 1.32 bits per heavy atom. The first-order valence-corrected chi connectivity index (χ1v) is 8.82. The molecule has 136 valence electrons. The molecule has 2 aliphatic heterocycles. The van der Waals surface area contributed by atoms with Crippen LogP contribution in [-0.4, -0.2) is 55.8 Å². The molecule has 2 saturated heterocycles. The molecule has 3 heterocycles. The van der Waals surface area contributed by atoms with Gasteiger partial charge in [-0.25, -0.2) is 9.78 Å². The predicted molar refractivity (Wildman–Crippen MR) is 93.3 cm³/mol. The lowest BCUT2D eigenvalue weighted by Gasteiger charge is -2.27. The molecule has 0 bridgehead atoms. The van der Waals surface area contributed by atoms with E-state index in [1.54, 1.807) is 6.20 Å². The van der Waals surface area contributed by atoms with Gasteiger partial charge in [0.25, 0.3) is 0 Å². The van der Waals surface area contributed by atoms with E-state index < -0.39 is 6.04 Å². The molecule has 2 aliphatic rings. The molecule has 8 heteroatoms. The van der Waals surface area contributed by atoms with Crippen LogP contribution in [0.15, 0.2) is 18.3 Å². The summed E-state index contributed by atoms with van der Waals surface area (Å²) < 4.78 is 5.34. The molecule has 2 fully saturated rings. The SMILES string of the molecule is O=C(NCc1ccc(N2CCOCC2)nc1)N[C@H]1CCCCNC1=O. The normalized spacial score (nSPS) is 21.2. The third-order valence-electron chi connectivity index (χ3n) is 4.44. The van der Waals surface area contributed by atoms with Crippen molar-refractivity contribution in [3.63, 3.8) is 0 Å². The summed E-state index contributed by atoms with van der Waals surface area (Å²) in [5.74, 6) is 0.816. The number of pyridine rings is 1. The molecule has 3 N–H and O–H groups in total. The third-order valence-corrected chi connectivity index (χ3v) is 4.44. The maximum Gasteiger partial charge on any atom is 0.315 e. The van der Waals surface area contributed by atoms with Crippen molar-refractivity contribution in [3.05, 3.63) is 23.9 Å². The van der Waals surface area contributed by atoms with E-state index in [2.05, 4.69) is 25.8 Å². The van der Waals surface area contributed by atoms with E-state index in [0.717, 1.165) is 50.5 Å². The van der Waals surface area contributed by atoms with E-state index in [1.807, 2.05) is 12.1 Å². The summed E-state index contributed by atoms with van der Waals surface area (Å²) in [4.78, 5) is 30.5. The number of rotatable bonds is 4. The summed E-state index contributed by atoms with van der Waals surface area (Å²) in [6, 6.07) is 3.12. The molecule has 0 aliphatic carbocycles. The smallest absolute Gasteiger partial charge is 0.315 e. The number of nitrogens with zero attached hydrogens (tertiary/aromatic N) is 2. The Labute approximate surface area is 147 Å². The van der Waals surface area contributed by atoms with Crippen LogP contribution in [0.2, 0.25) is 0 Å².